The van der Waals surface area contributed by atoms with Crippen molar-refractivity contribution < 1.29 is 19.0 Å². The first-order valence-electron chi connectivity index (χ1n) is 5.70. The van der Waals surface area contributed by atoms with Crippen LogP contribution >= 0.6 is 0 Å². The summed E-state index contributed by atoms with van der Waals surface area (Å²) in [6.45, 7) is 1.17. The van der Waals surface area contributed by atoms with Crippen LogP contribution in [0.5, 0.6) is 11.5 Å². The number of carbonyl (C=O) groups excluding carboxylic acids is 1. The molecule has 0 N–H and O–H groups in total. The molecule has 1 atom stereocenters. The zero-order valence-electron chi connectivity index (χ0n) is 9.69. The Morgan fingerprint density at radius 1 is 1.41 bits per heavy atom. The number of hydrogen-bond donors (Lipinski definition) is 0. The van der Waals surface area contributed by atoms with Gasteiger partial charge in [-0.05, 0) is 18.2 Å². The Hall–Kier alpha value is -1.55. The number of Topliss-reactive ketones (excluding diaryl/α,β-unsaturated/α-hetero) is 1. The van der Waals surface area contributed by atoms with Crippen molar-refractivity contribution in [3.63, 3.8) is 0 Å². The predicted molar refractivity (Wildman–Crippen MR) is 60.7 cm³/mol. The van der Waals surface area contributed by atoms with E-state index in [-0.39, 0.29) is 5.78 Å². The van der Waals surface area contributed by atoms with Crippen LogP contribution in [0.1, 0.15) is 23.2 Å². The lowest BCUT2D eigenvalue weighted by atomic mass is 9.89. The molecule has 0 amide bonds. The Bertz CT molecular complexity index is 460. The summed E-state index contributed by atoms with van der Waals surface area (Å²) < 4.78 is 16.4. The van der Waals surface area contributed by atoms with Crippen molar-refractivity contribution in [2.45, 2.75) is 18.4 Å². The summed E-state index contributed by atoms with van der Waals surface area (Å²) in [4.78, 5) is 12.1. The molecule has 2 heterocycles. The van der Waals surface area contributed by atoms with E-state index in [1.54, 1.807) is 25.3 Å². The van der Waals surface area contributed by atoms with E-state index in [0.29, 0.717) is 36.7 Å². The maximum Gasteiger partial charge on any atom is 0.170 e. The smallest absolute Gasteiger partial charge is 0.170 e. The van der Waals surface area contributed by atoms with Crippen molar-refractivity contribution in [3.05, 3.63) is 23.8 Å². The Morgan fingerprint density at radius 3 is 3.00 bits per heavy atom. The van der Waals surface area contributed by atoms with Crippen LogP contribution in [0.4, 0.5) is 0 Å². The summed E-state index contributed by atoms with van der Waals surface area (Å²) in [7, 11) is 1.59. The number of carbonyl (C=O) groups is 1. The quantitative estimate of drug-likeness (QED) is 0.743. The highest BCUT2D eigenvalue weighted by atomic mass is 16.6. The predicted octanol–water partition coefficient (Wildman–Crippen LogP) is 1.82. The molecule has 3 rings (SSSR count). The third-order valence-electron chi connectivity index (χ3n) is 3.36. The number of rotatable bonds is 1. The number of ketones is 1. The minimum Gasteiger partial charge on any atom is -0.497 e. The molecular weight excluding hydrogens is 220 g/mol. The minimum absolute atomic E-state index is 0.107. The van der Waals surface area contributed by atoms with Gasteiger partial charge in [0.25, 0.3) is 0 Å². The van der Waals surface area contributed by atoms with E-state index < -0.39 is 5.60 Å². The normalized spacial score (nSPS) is 26.8. The number of ether oxygens (including phenoxy) is 3. The van der Waals surface area contributed by atoms with Gasteiger partial charge in [-0.3, -0.25) is 4.79 Å². The zero-order valence-corrected chi connectivity index (χ0v) is 9.69. The molecule has 4 heteroatoms. The van der Waals surface area contributed by atoms with Gasteiger partial charge >= 0.3 is 0 Å². The summed E-state index contributed by atoms with van der Waals surface area (Å²) >= 11 is 0. The third kappa shape index (κ3) is 1.69. The fraction of sp³-hybridized carbons (Fsp3) is 0.462. The van der Waals surface area contributed by atoms with Crippen LogP contribution in [0.2, 0.25) is 0 Å². The van der Waals surface area contributed by atoms with Crippen LogP contribution in [0.25, 0.3) is 0 Å². The maximum atomic E-state index is 12.1. The van der Waals surface area contributed by atoms with Crippen molar-refractivity contribution >= 4 is 5.78 Å². The lowest BCUT2D eigenvalue weighted by Crippen LogP contribution is -2.42. The van der Waals surface area contributed by atoms with E-state index in [9.17, 15) is 4.79 Å². The van der Waals surface area contributed by atoms with Gasteiger partial charge in [0.05, 0.1) is 32.3 Å². The molecule has 0 aliphatic carbocycles. The molecule has 0 aromatic heterocycles. The second kappa shape index (κ2) is 3.74. The molecule has 0 radical (unpaired) electrons. The first-order valence-corrected chi connectivity index (χ1v) is 5.70. The van der Waals surface area contributed by atoms with Gasteiger partial charge in [0.15, 0.2) is 5.78 Å². The highest BCUT2D eigenvalue weighted by Gasteiger charge is 2.43. The van der Waals surface area contributed by atoms with Gasteiger partial charge < -0.3 is 14.2 Å². The monoisotopic (exact) mass is 234 g/mol. The summed E-state index contributed by atoms with van der Waals surface area (Å²) in [5.41, 5.74) is 0.181. The van der Waals surface area contributed by atoms with Crippen molar-refractivity contribution in [1.29, 1.82) is 0 Å². The molecule has 1 saturated heterocycles. The largest absolute Gasteiger partial charge is 0.497 e. The molecule has 0 bridgehead atoms. The third-order valence-corrected chi connectivity index (χ3v) is 3.36. The van der Waals surface area contributed by atoms with Gasteiger partial charge in [0.1, 0.15) is 17.1 Å². The fourth-order valence-corrected chi connectivity index (χ4v) is 2.41. The SMILES string of the molecule is COc1ccc2c(c1)C(=O)CC1(CCOC1)O2. The van der Waals surface area contributed by atoms with E-state index >= 15 is 0 Å². The minimum atomic E-state index is -0.432. The van der Waals surface area contributed by atoms with E-state index in [2.05, 4.69) is 0 Å². The highest BCUT2D eigenvalue weighted by Crippen LogP contribution is 2.39. The molecule has 2 aliphatic rings. The van der Waals surface area contributed by atoms with E-state index in [4.69, 9.17) is 14.2 Å². The fourth-order valence-electron chi connectivity index (χ4n) is 2.41. The van der Waals surface area contributed by atoms with Gasteiger partial charge in [0.2, 0.25) is 0 Å². The second-order valence-corrected chi connectivity index (χ2v) is 4.55. The number of benzene rings is 1. The maximum absolute atomic E-state index is 12.1. The van der Waals surface area contributed by atoms with Crippen LogP contribution in [-0.2, 0) is 4.74 Å². The first kappa shape index (κ1) is 10.6. The van der Waals surface area contributed by atoms with Gasteiger partial charge in [-0.25, -0.2) is 0 Å². The molecule has 4 nitrogen and oxygen atoms in total. The molecule has 90 valence electrons. The number of methoxy groups -OCH3 is 1. The summed E-state index contributed by atoms with van der Waals surface area (Å²) in [6, 6.07) is 5.34. The molecule has 0 saturated carbocycles. The summed E-state index contributed by atoms with van der Waals surface area (Å²) in [5, 5.41) is 0. The van der Waals surface area contributed by atoms with Crippen LogP contribution in [0.3, 0.4) is 0 Å². The molecule has 1 aromatic rings. The zero-order chi connectivity index (χ0) is 11.9. The number of hydrogen-bond acceptors (Lipinski definition) is 4. The van der Waals surface area contributed by atoms with Crippen LogP contribution < -0.4 is 9.47 Å². The first-order chi connectivity index (χ1) is 8.22. The molecule has 1 aromatic carbocycles. The van der Waals surface area contributed by atoms with Gasteiger partial charge in [-0.15, -0.1) is 0 Å². The topological polar surface area (TPSA) is 44.8 Å². The van der Waals surface area contributed by atoms with E-state index in [1.165, 1.54) is 0 Å². The van der Waals surface area contributed by atoms with E-state index in [1.807, 2.05) is 0 Å². The van der Waals surface area contributed by atoms with Crippen LogP contribution in [0.15, 0.2) is 18.2 Å². The van der Waals surface area contributed by atoms with Gasteiger partial charge in [-0.1, -0.05) is 0 Å². The van der Waals surface area contributed by atoms with Crippen LogP contribution in [-0.4, -0.2) is 31.7 Å². The Morgan fingerprint density at radius 2 is 2.29 bits per heavy atom. The van der Waals surface area contributed by atoms with Gasteiger partial charge in [-0.2, -0.15) is 0 Å². The standard InChI is InChI=1S/C13H14O4/c1-15-9-2-3-12-10(6-9)11(14)7-13(17-12)4-5-16-8-13/h2-3,6H,4-5,7-8H2,1H3. The van der Waals surface area contributed by atoms with Crippen molar-refractivity contribution in [1.82, 2.24) is 0 Å². The second-order valence-electron chi connectivity index (χ2n) is 4.55. The Kier molecular flexibility index (Phi) is 2.33. The Labute approximate surface area is 99.5 Å². The highest BCUT2D eigenvalue weighted by molar-refractivity contribution is 6.00. The van der Waals surface area contributed by atoms with Gasteiger partial charge in [0, 0.05) is 6.42 Å². The lowest BCUT2D eigenvalue weighted by molar-refractivity contribution is 0.0305. The lowest BCUT2D eigenvalue weighted by Gasteiger charge is -2.33. The van der Waals surface area contributed by atoms with E-state index in [0.717, 1.165) is 6.42 Å². The van der Waals surface area contributed by atoms with Crippen molar-refractivity contribution in [3.8, 4) is 11.5 Å². The summed E-state index contributed by atoms with van der Waals surface area (Å²) in [5.74, 6) is 1.43. The average Bonchev–Trinajstić information content (AvgIpc) is 2.77. The van der Waals surface area contributed by atoms with Crippen LogP contribution in [0, 0.1) is 0 Å². The Balaban J connectivity index is 1.99. The number of fused-ring (bicyclic) bond motifs is 1. The summed E-state index contributed by atoms with van der Waals surface area (Å²) in [6.07, 6.45) is 1.18. The molecule has 1 fully saturated rings. The van der Waals surface area contributed by atoms with Crippen molar-refractivity contribution in [2.24, 2.45) is 0 Å². The molecular formula is C13H14O4. The molecule has 17 heavy (non-hydrogen) atoms. The average molecular weight is 234 g/mol. The molecule has 2 aliphatic heterocycles. The van der Waals surface area contributed by atoms with Crippen molar-refractivity contribution in [2.75, 3.05) is 20.3 Å². The molecule has 1 unspecified atom stereocenters. The molecule has 1 spiro atoms.